The summed E-state index contributed by atoms with van der Waals surface area (Å²) in [5.74, 6) is -1.45. The second kappa shape index (κ2) is 10.9. The summed E-state index contributed by atoms with van der Waals surface area (Å²) in [4.78, 5) is 37.8. The Morgan fingerprint density at radius 1 is 1.15 bits per heavy atom. The normalized spacial score (nSPS) is 10.6. The molecule has 0 bridgehead atoms. The number of carbonyl (C=O) groups is 2. The van der Waals surface area contributed by atoms with Crippen molar-refractivity contribution in [3.8, 4) is 5.75 Å². The first kappa shape index (κ1) is 24.2. The third-order valence-electron chi connectivity index (χ3n) is 3.85. The number of rotatable bonds is 10. The SMILES string of the molecule is O=C(COc1cc(Cl)c(Cl)cc1Cl)NCCNC(=O)c1nc(Cn2ccc([N+](=O)[O-])n2)no1. The summed E-state index contributed by atoms with van der Waals surface area (Å²) in [5.41, 5.74) is 0. The van der Waals surface area contributed by atoms with Crippen LogP contribution >= 0.6 is 34.8 Å². The topological polar surface area (TPSA) is 167 Å². The van der Waals surface area contributed by atoms with E-state index in [-0.39, 0.29) is 64.6 Å². The number of nitrogens with zero attached hydrogens (tertiary/aromatic N) is 5. The molecule has 1 aromatic carbocycles. The van der Waals surface area contributed by atoms with Gasteiger partial charge in [0.05, 0.1) is 32.4 Å². The molecule has 0 spiro atoms. The van der Waals surface area contributed by atoms with Crippen LogP contribution in [0, 0.1) is 10.1 Å². The van der Waals surface area contributed by atoms with E-state index in [2.05, 4.69) is 25.9 Å². The fourth-order valence-corrected chi connectivity index (χ4v) is 2.95. The highest BCUT2D eigenvalue weighted by molar-refractivity contribution is 6.43. The van der Waals surface area contributed by atoms with Crippen LogP contribution in [-0.4, -0.2) is 56.4 Å². The summed E-state index contributed by atoms with van der Waals surface area (Å²) in [7, 11) is 0. The molecule has 0 radical (unpaired) electrons. The number of hydrogen-bond donors (Lipinski definition) is 2. The van der Waals surface area contributed by atoms with E-state index in [0.29, 0.717) is 0 Å². The maximum Gasteiger partial charge on any atom is 0.389 e. The number of ether oxygens (including phenoxy) is 1. The monoisotopic (exact) mass is 517 g/mol. The van der Waals surface area contributed by atoms with Crippen LogP contribution < -0.4 is 15.4 Å². The van der Waals surface area contributed by atoms with Gasteiger partial charge in [0, 0.05) is 19.2 Å². The van der Waals surface area contributed by atoms with Gasteiger partial charge in [-0.3, -0.25) is 9.59 Å². The van der Waals surface area contributed by atoms with Crippen molar-refractivity contribution in [1.82, 2.24) is 30.6 Å². The van der Waals surface area contributed by atoms with Gasteiger partial charge in [-0.05, 0) is 11.0 Å². The highest BCUT2D eigenvalue weighted by Crippen LogP contribution is 2.33. The molecule has 2 N–H and O–H groups in total. The van der Waals surface area contributed by atoms with Gasteiger partial charge < -0.3 is 30.0 Å². The van der Waals surface area contributed by atoms with Crippen molar-refractivity contribution in [2.75, 3.05) is 19.7 Å². The molecule has 0 unspecified atom stereocenters. The Morgan fingerprint density at radius 2 is 1.88 bits per heavy atom. The van der Waals surface area contributed by atoms with Gasteiger partial charge >= 0.3 is 17.6 Å². The molecular formula is C17H14Cl3N7O6. The highest BCUT2D eigenvalue weighted by Gasteiger charge is 2.17. The first-order valence-corrected chi connectivity index (χ1v) is 10.2. The van der Waals surface area contributed by atoms with Gasteiger partial charge in [-0.15, -0.1) is 0 Å². The summed E-state index contributed by atoms with van der Waals surface area (Å²) >= 11 is 17.7. The molecule has 0 atom stereocenters. The number of benzene rings is 1. The predicted molar refractivity (Wildman–Crippen MR) is 115 cm³/mol. The van der Waals surface area contributed by atoms with E-state index >= 15 is 0 Å². The molecule has 16 heteroatoms. The Kier molecular flexibility index (Phi) is 8.03. The van der Waals surface area contributed by atoms with E-state index in [1.807, 2.05) is 0 Å². The van der Waals surface area contributed by atoms with Gasteiger partial charge in [-0.25, -0.2) is 0 Å². The van der Waals surface area contributed by atoms with Crippen molar-refractivity contribution in [2.45, 2.75) is 6.54 Å². The number of hydrogen-bond acceptors (Lipinski definition) is 9. The maximum atomic E-state index is 12.1. The summed E-state index contributed by atoms with van der Waals surface area (Å²) in [6, 6.07) is 4.01. The van der Waals surface area contributed by atoms with Gasteiger partial charge in [0.25, 0.3) is 5.91 Å². The lowest BCUT2D eigenvalue weighted by Gasteiger charge is -2.10. The van der Waals surface area contributed by atoms with Gasteiger partial charge in [0.15, 0.2) is 12.4 Å². The Morgan fingerprint density at radius 3 is 2.61 bits per heavy atom. The van der Waals surface area contributed by atoms with E-state index in [1.54, 1.807) is 0 Å². The molecule has 3 rings (SSSR count). The molecule has 0 saturated carbocycles. The van der Waals surface area contributed by atoms with Crippen LogP contribution in [0.1, 0.15) is 16.5 Å². The lowest BCUT2D eigenvalue weighted by Crippen LogP contribution is -2.36. The van der Waals surface area contributed by atoms with E-state index in [0.717, 1.165) is 0 Å². The molecule has 0 aliphatic carbocycles. The molecule has 174 valence electrons. The van der Waals surface area contributed by atoms with Crippen molar-refractivity contribution >= 4 is 52.4 Å². The number of amides is 2. The second-order valence-corrected chi connectivity index (χ2v) is 7.46. The molecule has 0 saturated heterocycles. The number of aromatic nitrogens is 4. The summed E-state index contributed by atoms with van der Waals surface area (Å²) < 4.78 is 11.4. The third-order valence-corrected chi connectivity index (χ3v) is 4.86. The van der Waals surface area contributed by atoms with Crippen molar-refractivity contribution in [3.63, 3.8) is 0 Å². The predicted octanol–water partition coefficient (Wildman–Crippen LogP) is 2.11. The minimum absolute atomic E-state index is 0.0243. The number of nitro groups is 1. The van der Waals surface area contributed by atoms with Crippen LogP contribution in [0.3, 0.4) is 0 Å². The zero-order valence-corrected chi connectivity index (χ0v) is 18.7. The molecule has 13 nitrogen and oxygen atoms in total. The molecule has 2 aromatic heterocycles. The van der Waals surface area contributed by atoms with E-state index in [9.17, 15) is 19.7 Å². The summed E-state index contributed by atoms with van der Waals surface area (Å²) in [6.45, 7) is -0.185. The van der Waals surface area contributed by atoms with Gasteiger partial charge in [0.1, 0.15) is 12.3 Å². The summed E-state index contributed by atoms with van der Waals surface area (Å²) in [5, 5.41) is 23.7. The highest BCUT2D eigenvalue weighted by atomic mass is 35.5. The largest absolute Gasteiger partial charge is 0.482 e. The molecule has 2 amide bonds. The Balaban J connectivity index is 1.38. The average Bonchev–Trinajstić information content (AvgIpc) is 3.43. The van der Waals surface area contributed by atoms with E-state index in [1.165, 1.54) is 29.1 Å². The van der Waals surface area contributed by atoms with Gasteiger partial charge in [0.2, 0.25) is 0 Å². The smallest absolute Gasteiger partial charge is 0.389 e. The third kappa shape index (κ3) is 6.78. The van der Waals surface area contributed by atoms with Crippen LogP contribution in [0.25, 0.3) is 0 Å². The van der Waals surface area contributed by atoms with Gasteiger partial charge in [-0.2, -0.15) is 9.67 Å². The Bertz CT molecular complexity index is 1180. The zero-order valence-electron chi connectivity index (χ0n) is 16.5. The van der Waals surface area contributed by atoms with E-state index in [4.69, 9.17) is 44.1 Å². The first-order chi connectivity index (χ1) is 15.7. The van der Waals surface area contributed by atoms with Crippen LogP contribution in [0.2, 0.25) is 15.1 Å². The first-order valence-electron chi connectivity index (χ1n) is 9.05. The molecule has 2 heterocycles. The lowest BCUT2D eigenvalue weighted by molar-refractivity contribution is -0.389. The van der Waals surface area contributed by atoms with Gasteiger partial charge in [-0.1, -0.05) is 40.0 Å². The second-order valence-electron chi connectivity index (χ2n) is 6.24. The lowest BCUT2D eigenvalue weighted by atomic mass is 10.3. The number of halogens is 3. The molecule has 0 aliphatic heterocycles. The zero-order chi connectivity index (χ0) is 24.0. The van der Waals surface area contributed by atoms with Crippen molar-refractivity contribution < 1.29 is 23.8 Å². The standard InChI is InChI=1S/C17H14Cl3N7O6/c18-9-5-11(20)12(6-10(9)19)32-8-15(28)21-2-3-22-16(29)17-23-13(25-33-17)7-26-4-1-14(24-26)27(30)31/h1,4-6H,2-3,7-8H2,(H,21,28)(H,22,29). The van der Waals surface area contributed by atoms with Crippen LogP contribution in [-0.2, 0) is 11.3 Å². The minimum atomic E-state index is -0.659. The Labute approximate surface area is 200 Å². The molecule has 33 heavy (non-hydrogen) atoms. The molecular weight excluding hydrogens is 505 g/mol. The van der Waals surface area contributed by atoms with Crippen molar-refractivity contribution in [1.29, 1.82) is 0 Å². The quantitative estimate of drug-likeness (QED) is 0.177. The fraction of sp³-hybridized carbons (Fsp3) is 0.235. The van der Waals surface area contributed by atoms with Crippen molar-refractivity contribution in [2.24, 2.45) is 0 Å². The van der Waals surface area contributed by atoms with Crippen LogP contribution in [0.15, 0.2) is 28.9 Å². The number of nitrogens with one attached hydrogen (secondary N) is 2. The molecule has 0 fully saturated rings. The van der Waals surface area contributed by atoms with Crippen LogP contribution in [0.5, 0.6) is 5.75 Å². The average molecular weight is 519 g/mol. The fourth-order valence-electron chi connectivity index (χ4n) is 2.35. The molecule has 3 aromatic rings. The van der Waals surface area contributed by atoms with Crippen LogP contribution in [0.4, 0.5) is 5.82 Å². The minimum Gasteiger partial charge on any atom is -0.482 e. The summed E-state index contributed by atoms with van der Waals surface area (Å²) in [6.07, 6.45) is 1.37. The van der Waals surface area contributed by atoms with Crippen molar-refractivity contribution in [3.05, 3.63) is 61.3 Å². The molecule has 0 aliphatic rings. The van der Waals surface area contributed by atoms with E-state index < -0.39 is 16.7 Å². The Hall–Kier alpha value is -3.42. The number of carbonyl (C=O) groups excluding carboxylic acids is 2. The maximum absolute atomic E-state index is 12.1.